The highest BCUT2D eigenvalue weighted by atomic mass is 32.2. The van der Waals surface area contributed by atoms with Crippen LogP contribution >= 0.6 is 11.8 Å². The van der Waals surface area contributed by atoms with E-state index in [-0.39, 0.29) is 12.0 Å². The second-order valence-electron chi connectivity index (χ2n) is 6.35. The molecular formula is C15H24N2O3S. The number of carboxylic acids is 1. The van der Waals surface area contributed by atoms with Crippen LogP contribution < -0.4 is 0 Å². The summed E-state index contributed by atoms with van der Waals surface area (Å²) < 4.78 is 0. The molecule has 0 aromatic carbocycles. The van der Waals surface area contributed by atoms with Crippen LogP contribution in [0.3, 0.4) is 0 Å². The summed E-state index contributed by atoms with van der Waals surface area (Å²) in [5.74, 6) is 1.96. The van der Waals surface area contributed by atoms with Crippen LogP contribution in [-0.2, 0) is 9.59 Å². The number of likely N-dealkylation sites (tertiary alicyclic amines) is 2. The summed E-state index contributed by atoms with van der Waals surface area (Å²) in [7, 11) is 0. The number of rotatable bonds is 3. The molecule has 0 aliphatic carbocycles. The summed E-state index contributed by atoms with van der Waals surface area (Å²) >= 11 is 1.88. The van der Waals surface area contributed by atoms with Crippen molar-refractivity contribution in [3.05, 3.63) is 0 Å². The maximum absolute atomic E-state index is 12.4. The fourth-order valence-electron chi connectivity index (χ4n) is 3.90. The molecule has 3 saturated heterocycles. The Hall–Kier alpha value is -0.750. The van der Waals surface area contributed by atoms with Gasteiger partial charge in [-0.3, -0.25) is 14.5 Å². The highest BCUT2D eigenvalue weighted by Crippen LogP contribution is 2.29. The van der Waals surface area contributed by atoms with E-state index in [9.17, 15) is 14.7 Å². The lowest BCUT2D eigenvalue weighted by Gasteiger charge is -2.39. The van der Waals surface area contributed by atoms with Crippen LogP contribution in [0.15, 0.2) is 0 Å². The molecule has 0 saturated carbocycles. The Balaban J connectivity index is 1.52. The van der Waals surface area contributed by atoms with Crippen molar-refractivity contribution in [2.24, 2.45) is 5.92 Å². The van der Waals surface area contributed by atoms with E-state index in [0.29, 0.717) is 11.9 Å². The zero-order valence-electron chi connectivity index (χ0n) is 12.4. The van der Waals surface area contributed by atoms with E-state index in [1.807, 2.05) is 16.7 Å². The Morgan fingerprint density at radius 1 is 1.05 bits per heavy atom. The van der Waals surface area contributed by atoms with Gasteiger partial charge in [-0.15, -0.1) is 0 Å². The molecule has 0 aromatic heterocycles. The quantitative estimate of drug-likeness (QED) is 0.850. The summed E-state index contributed by atoms with van der Waals surface area (Å²) in [5.41, 5.74) is 0. The lowest BCUT2D eigenvalue weighted by Crippen LogP contribution is -2.50. The van der Waals surface area contributed by atoms with Gasteiger partial charge in [-0.2, -0.15) is 11.8 Å². The highest BCUT2D eigenvalue weighted by Gasteiger charge is 2.38. The molecule has 6 heteroatoms. The Morgan fingerprint density at radius 2 is 1.81 bits per heavy atom. The fraction of sp³-hybridized carbons (Fsp3) is 0.867. The van der Waals surface area contributed by atoms with Crippen LogP contribution in [-0.4, -0.2) is 70.0 Å². The van der Waals surface area contributed by atoms with Crippen molar-refractivity contribution in [2.45, 2.75) is 44.2 Å². The van der Waals surface area contributed by atoms with E-state index in [4.69, 9.17) is 0 Å². The van der Waals surface area contributed by atoms with Crippen molar-refractivity contribution in [3.63, 3.8) is 0 Å². The molecule has 3 aliphatic rings. The van der Waals surface area contributed by atoms with Gasteiger partial charge in [0.05, 0.1) is 0 Å². The largest absolute Gasteiger partial charge is 0.480 e. The predicted octanol–water partition coefficient (Wildman–Crippen LogP) is 1.28. The average Bonchev–Trinajstić information content (AvgIpc) is 3.18. The van der Waals surface area contributed by atoms with E-state index >= 15 is 0 Å². The molecule has 2 unspecified atom stereocenters. The molecule has 3 aliphatic heterocycles. The zero-order valence-corrected chi connectivity index (χ0v) is 13.2. The molecule has 21 heavy (non-hydrogen) atoms. The molecular weight excluding hydrogens is 288 g/mol. The van der Waals surface area contributed by atoms with Crippen LogP contribution in [0.2, 0.25) is 0 Å². The molecule has 1 amide bonds. The van der Waals surface area contributed by atoms with Gasteiger partial charge in [-0.1, -0.05) is 0 Å². The van der Waals surface area contributed by atoms with Gasteiger partial charge >= 0.3 is 5.97 Å². The monoisotopic (exact) mass is 312 g/mol. The average molecular weight is 312 g/mol. The van der Waals surface area contributed by atoms with Crippen molar-refractivity contribution in [1.82, 2.24) is 9.80 Å². The van der Waals surface area contributed by atoms with Crippen molar-refractivity contribution in [1.29, 1.82) is 0 Å². The van der Waals surface area contributed by atoms with E-state index < -0.39 is 5.97 Å². The first-order valence-corrected chi connectivity index (χ1v) is 9.17. The minimum Gasteiger partial charge on any atom is -0.480 e. The molecule has 5 nitrogen and oxygen atoms in total. The summed E-state index contributed by atoms with van der Waals surface area (Å²) in [6, 6.07) is 0.0408. The minimum absolute atomic E-state index is 0.227. The second-order valence-corrected chi connectivity index (χ2v) is 7.50. The predicted molar refractivity (Wildman–Crippen MR) is 82.4 cm³/mol. The van der Waals surface area contributed by atoms with Gasteiger partial charge in [-0.05, 0) is 44.4 Å². The van der Waals surface area contributed by atoms with Crippen molar-refractivity contribution >= 4 is 23.6 Å². The molecule has 2 atom stereocenters. The van der Waals surface area contributed by atoms with Crippen molar-refractivity contribution in [2.75, 3.05) is 31.1 Å². The number of nitrogens with zero attached hydrogens (tertiary/aromatic N) is 2. The molecule has 0 aromatic rings. The van der Waals surface area contributed by atoms with Crippen LogP contribution in [0.4, 0.5) is 0 Å². The second kappa shape index (κ2) is 6.57. The minimum atomic E-state index is -0.686. The lowest BCUT2D eigenvalue weighted by molar-refractivity contribution is -0.144. The van der Waals surface area contributed by atoms with E-state index in [1.54, 1.807) is 0 Å². The maximum atomic E-state index is 12.4. The number of aliphatic carboxylic acids is 1. The molecule has 3 fully saturated rings. The smallest absolute Gasteiger partial charge is 0.320 e. The molecule has 3 rings (SSSR count). The van der Waals surface area contributed by atoms with Gasteiger partial charge in [0, 0.05) is 30.8 Å². The number of carbonyl (C=O) groups excluding carboxylic acids is 1. The van der Waals surface area contributed by atoms with E-state index in [1.165, 1.54) is 0 Å². The molecule has 0 bridgehead atoms. The van der Waals surface area contributed by atoms with Gasteiger partial charge in [0.2, 0.25) is 5.91 Å². The van der Waals surface area contributed by atoms with Crippen LogP contribution in [0.25, 0.3) is 0 Å². The molecule has 1 N–H and O–H groups in total. The standard InChI is InChI=1S/C15H24N2O3S/c18-14(11-5-9-21-10-11)16-7-3-12(4-8-16)17-6-1-2-13(17)15(19)20/h11-13H,1-10H2,(H,19,20). The first-order valence-electron chi connectivity index (χ1n) is 8.02. The van der Waals surface area contributed by atoms with Gasteiger partial charge in [-0.25, -0.2) is 0 Å². The zero-order chi connectivity index (χ0) is 14.8. The van der Waals surface area contributed by atoms with Crippen LogP contribution in [0, 0.1) is 5.92 Å². The number of amides is 1. The van der Waals surface area contributed by atoms with Crippen LogP contribution in [0.5, 0.6) is 0 Å². The number of piperidine rings is 1. The first kappa shape index (κ1) is 15.2. The van der Waals surface area contributed by atoms with Gasteiger partial charge in [0.15, 0.2) is 0 Å². The third-order valence-corrected chi connectivity index (χ3v) is 6.27. The molecule has 0 spiro atoms. The van der Waals surface area contributed by atoms with Gasteiger partial charge < -0.3 is 10.0 Å². The SMILES string of the molecule is O=C(O)C1CCCN1C1CCN(C(=O)C2CCSC2)CC1. The number of thioether (sulfide) groups is 1. The Bertz CT molecular complexity index is 404. The Kier molecular flexibility index (Phi) is 4.74. The molecule has 0 radical (unpaired) electrons. The highest BCUT2D eigenvalue weighted by molar-refractivity contribution is 7.99. The topological polar surface area (TPSA) is 60.9 Å². The lowest BCUT2D eigenvalue weighted by atomic mass is 9.99. The Labute approximate surface area is 130 Å². The molecule has 118 valence electrons. The van der Waals surface area contributed by atoms with Gasteiger partial charge in [0.1, 0.15) is 6.04 Å². The normalized spacial score (nSPS) is 31.7. The van der Waals surface area contributed by atoms with Crippen molar-refractivity contribution in [3.8, 4) is 0 Å². The first-order chi connectivity index (χ1) is 10.2. The third kappa shape index (κ3) is 3.21. The summed E-state index contributed by atoms with van der Waals surface area (Å²) in [4.78, 5) is 27.9. The van der Waals surface area contributed by atoms with Crippen molar-refractivity contribution < 1.29 is 14.7 Å². The van der Waals surface area contributed by atoms with E-state index in [0.717, 1.165) is 63.2 Å². The number of hydrogen-bond acceptors (Lipinski definition) is 4. The number of hydrogen-bond donors (Lipinski definition) is 1. The Morgan fingerprint density at radius 3 is 2.43 bits per heavy atom. The summed E-state index contributed by atoms with van der Waals surface area (Å²) in [6.07, 6.45) is 4.63. The van der Waals surface area contributed by atoms with Crippen LogP contribution in [0.1, 0.15) is 32.1 Å². The van der Waals surface area contributed by atoms with E-state index in [2.05, 4.69) is 4.90 Å². The third-order valence-electron chi connectivity index (χ3n) is 5.10. The fourth-order valence-corrected chi connectivity index (χ4v) is 5.11. The van der Waals surface area contributed by atoms with Gasteiger partial charge in [0.25, 0.3) is 0 Å². The maximum Gasteiger partial charge on any atom is 0.320 e. The number of carbonyl (C=O) groups is 2. The summed E-state index contributed by atoms with van der Waals surface area (Å²) in [5, 5.41) is 9.29. The summed E-state index contributed by atoms with van der Waals surface area (Å²) in [6.45, 7) is 2.50. The number of carboxylic acid groups (broad SMARTS) is 1. The molecule has 3 heterocycles.